The number of amides is 1. The number of halogens is 3. The molecule has 5 N–H and O–H groups in total. The molecule has 1 aromatic carbocycles. The van der Waals surface area contributed by atoms with E-state index >= 15 is 0 Å². The average Bonchev–Trinajstić information content (AvgIpc) is 3.24. The Morgan fingerprint density at radius 3 is 2.75 bits per heavy atom. The average molecular weight is 519 g/mol. The topological polar surface area (TPSA) is 134 Å². The number of hydrogen-bond acceptors (Lipinski definition) is 7. The number of alkyl halides is 2. The molecule has 0 saturated carbocycles. The molecule has 1 fully saturated rings. The summed E-state index contributed by atoms with van der Waals surface area (Å²) in [6.07, 6.45) is 7.87. The number of ether oxygens (including phenoxy) is 1. The normalized spacial score (nSPS) is 17.7. The van der Waals surface area contributed by atoms with Crippen molar-refractivity contribution in [3.63, 3.8) is 0 Å². The number of carbonyl (C=O) groups excluding carboxylic acids is 1. The maximum absolute atomic E-state index is 13.2. The highest BCUT2D eigenvalue weighted by atomic mass is 35.5. The lowest BCUT2D eigenvalue weighted by atomic mass is 10.1. The fourth-order valence-corrected chi connectivity index (χ4v) is 4.19. The predicted molar refractivity (Wildman–Crippen MR) is 133 cm³/mol. The SMILES string of the molecule is CN1CCC(n2cc(NC(=O)/C(C(=N)N)=C3/N=CC=CN3)c(-c3cc(Cl)ccc3OC(F)F)n2)CC1. The first-order valence-corrected chi connectivity index (χ1v) is 11.5. The Morgan fingerprint density at radius 1 is 1.36 bits per heavy atom. The van der Waals surface area contributed by atoms with Crippen LogP contribution in [-0.4, -0.2) is 59.4 Å². The van der Waals surface area contributed by atoms with Crippen molar-refractivity contribution in [3.8, 4) is 17.0 Å². The van der Waals surface area contributed by atoms with Crippen LogP contribution in [-0.2, 0) is 4.79 Å². The molecule has 4 rings (SSSR count). The fourth-order valence-electron chi connectivity index (χ4n) is 4.02. The van der Waals surface area contributed by atoms with Crippen molar-refractivity contribution in [1.82, 2.24) is 20.0 Å². The zero-order chi connectivity index (χ0) is 25.8. The molecule has 2 aromatic rings. The van der Waals surface area contributed by atoms with Gasteiger partial charge in [0, 0.05) is 29.2 Å². The lowest BCUT2D eigenvalue weighted by Crippen LogP contribution is -2.31. The van der Waals surface area contributed by atoms with Crippen molar-refractivity contribution in [3.05, 3.63) is 53.1 Å². The van der Waals surface area contributed by atoms with E-state index in [1.807, 2.05) is 7.05 Å². The molecule has 1 aromatic heterocycles. The molecule has 0 aliphatic carbocycles. The Kier molecular flexibility index (Phi) is 7.65. The number of benzene rings is 1. The number of likely N-dealkylation sites (tertiary alicyclic amines) is 1. The van der Waals surface area contributed by atoms with Crippen molar-refractivity contribution in [2.45, 2.75) is 25.5 Å². The molecule has 1 saturated heterocycles. The van der Waals surface area contributed by atoms with Crippen LogP contribution in [0.2, 0.25) is 5.02 Å². The van der Waals surface area contributed by atoms with Crippen LogP contribution in [0.3, 0.4) is 0 Å². The number of anilines is 1. The molecule has 3 heterocycles. The number of piperidine rings is 1. The van der Waals surface area contributed by atoms with E-state index in [1.54, 1.807) is 23.2 Å². The van der Waals surface area contributed by atoms with Crippen LogP contribution in [0.5, 0.6) is 5.75 Å². The maximum atomic E-state index is 13.2. The minimum Gasteiger partial charge on any atom is -0.434 e. The third-order valence-electron chi connectivity index (χ3n) is 5.79. The lowest BCUT2D eigenvalue weighted by Gasteiger charge is -2.29. The Morgan fingerprint density at radius 2 is 2.11 bits per heavy atom. The third-order valence-corrected chi connectivity index (χ3v) is 6.03. The highest BCUT2D eigenvalue weighted by molar-refractivity contribution is 6.31. The van der Waals surface area contributed by atoms with E-state index in [-0.39, 0.29) is 45.2 Å². The summed E-state index contributed by atoms with van der Waals surface area (Å²) < 4.78 is 32.7. The first kappa shape index (κ1) is 25.3. The second-order valence-electron chi connectivity index (χ2n) is 8.30. The molecule has 0 unspecified atom stereocenters. The van der Waals surface area contributed by atoms with E-state index < -0.39 is 18.4 Å². The molecule has 2 aliphatic rings. The quantitative estimate of drug-likeness (QED) is 0.252. The van der Waals surface area contributed by atoms with Crippen LogP contribution >= 0.6 is 11.6 Å². The Labute approximate surface area is 211 Å². The van der Waals surface area contributed by atoms with Crippen molar-refractivity contribution in [2.75, 3.05) is 25.5 Å². The van der Waals surface area contributed by atoms with Gasteiger partial charge in [0.25, 0.3) is 5.91 Å². The van der Waals surface area contributed by atoms with Crippen LogP contribution < -0.4 is 21.1 Å². The minimum atomic E-state index is -3.07. The van der Waals surface area contributed by atoms with Gasteiger partial charge in [0.15, 0.2) is 0 Å². The standard InChI is InChI=1S/C23H25ClF2N8O2/c1-33-9-5-14(6-10-33)34-12-16(31-22(35)18(20(27)28)21-29-7-2-8-30-21)19(32-34)15-11-13(24)3-4-17(15)36-23(25)26/h2-4,7-8,11-12,14,23,29H,5-6,9-10H2,1H3,(H3,27,28)(H,31,35)/b21-18+. The van der Waals surface area contributed by atoms with Gasteiger partial charge < -0.3 is 26.0 Å². The molecule has 0 radical (unpaired) electrons. The molecule has 0 atom stereocenters. The molecule has 1 amide bonds. The van der Waals surface area contributed by atoms with E-state index in [1.165, 1.54) is 24.4 Å². The molecule has 2 aliphatic heterocycles. The van der Waals surface area contributed by atoms with Crippen LogP contribution in [0.25, 0.3) is 11.3 Å². The van der Waals surface area contributed by atoms with Crippen molar-refractivity contribution >= 4 is 35.2 Å². The summed E-state index contributed by atoms with van der Waals surface area (Å²) >= 11 is 6.17. The molecule has 0 spiro atoms. The first-order valence-electron chi connectivity index (χ1n) is 11.1. The number of rotatable bonds is 7. The van der Waals surface area contributed by atoms with Gasteiger partial charge in [-0.1, -0.05) is 11.6 Å². The van der Waals surface area contributed by atoms with Gasteiger partial charge in [-0.3, -0.25) is 14.9 Å². The van der Waals surface area contributed by atoms with E-state index in [2.05, 4.69) is 25.6 Å². The van der Waals surface area contributed by atoms with Crippen LogP contribution in [0.4, 0.5) is 14.5 Å². The zero-order valence-corrected chi connectivity index (χ0v) is 20.1. The largest absolute Gasteiger partial charge is 0.434 e. The number of allylic oxidation sites excluding steroid dienone is 1. The molecule has 13 heteroatoms. The van der Waals surface area contributed by atoms with Crippen molar-refractivity contribution in [1.29, 1.82) is 5.41 Å². The van der Waals surface area contributed by atoms with Gasteiger partial charge in [0.2, 0.25) is 0 Å². The number of nitrogens with zero attached hydrogens (tertiary/aromatic N) is 4. The van der Waals surface area contributed by atoms with E-state index in [4.69, 9.17) is 27.5 Å². The zero-order valence-electron chi connectivity index (χ0n) is 19.3. The van der Waals surface area contributed by atoms with E-state index in [9.17, 15) is 13.6 Å². The Balaban J connectivity index is 1.77. The summed E-state index contributed by atoms with van der Waals surface area (Å²) in [4.78, 5) is 19.5. The molecule has 36 heavy (non-hydrogen) atoms. The number of aromatic nitrogens is 2. The molecule has 190 valence electrons. The fraction of sp³-hybridized carbons (Fsp3) is 0.304. The van der Waals surface area contributed by atoms with Gasteiger partial charge >= 0.3 is 6.61 Å². The minimum absolute atomic E-state index is 0.0321. The number of hydrogen-bond donors (Lipinski definition) is 4. The van der Waals surface area contributed by atoms with Crippen molar-refractivity contribution in [2.24, 2.45) is 10.7 Å². The molecular formula is C23H25ClF2N8O2. The van der Waals surface area contributed by atoms with Gasteiger partial charge in [0.1, 0.15) is 28.7 Å². The van der Waals surface area contributed by atoms with E-state index in [0.29, 0.717) is 0 Å². The van der Waals surface area contributed by atoms with Crippen LogP contribution in [0.1, 0.15) is 18.9 Å². The summed E-state index contributed by atoms with van der Waals surface area (Å²) in [5.74, 6) is -1.28. The second kappa shape index (κ2) is 10.9. The Hall–Kier alpha value is -3.77. The number of amidine groups is 1. The summed E-state index contributed by atoms with van der Waals surface area (Å²) in [7, 11) is 2.03. The van der Waals surface area contributed by atoms with Gasteiger partial charge in [-0.15, -0.1) is 0 Å². The predicted octanol–water partition coefficient (Wildman–Crippen LogP) is 3.35. The highest BCUT2D eigenvalue weighted by Crippen LogP contribution is 2.38. The molecular weight excluding hydrogens is 494 g/mol. The second-order valence-corrected chi connectivity index (χ2v) is 8.73. The van der Waals surface area contributed by atoms with Gasteiger partial charge in [0.05, 0.1) is 11.7 Å². The lowest BCUT2D eigenvalue weighted by molar-refractivity contribution is -0.112. The number of nitrogens with two attached hydrogens (primary N) is 1. The van der Waals surface area contributed by atoms with Crippen molar-refractivity contribution < 1.29 is 18.3 Å². The van der Waals surface area contributed by atoms with E-state index in [0.717, 1.165) is 25.9 Å². The van der Waals surface area contributed by atoms with Crippen LogP contribution in [0, 0.1) is 5.41 Å². The van der Waals surface area contributed by atoms with Crippen LogP contribution in [0.15, 0.2) is 53.1 Å². The maximum Gasteiger partial charge on any atom is 0.387 e. The summed E-state index contributed by atoms with van der Waals surface area (Å²) in [5, 5.41) is 18.3. The number of aliphatic imine (C=N–C) groups is 1. The smallest absolute Gasteiger partial charge is 0.387 e. The summed E-state index contributed by atoms with van der Waals surface area (Å²) in [6.45, 7) is -1.36. The first-order chi connectivity index (χ1) is 17.2. The number of carbonyl (C=O) groups is 1. The van der Waals surface area contributed by atoms with Gasteiger partial charge in [-0.2, -0.15) is 13.9 Å². The summed E-state index contributed by atoms with van der Waals surface area (Å²) in [5.41, 5.74) is 6.08. The van der Waals surface area contributed by atoms with Gasteiger partial charge in [-0.05, 0) is 57.3 Å². The summed E-state index contributed by atoms with van der Waals surface area (Å²) in [6, 6.07) is 4.22. The third kappa shape index (κ3) is 5.71. The van der Waals surface area contributed by atoms with Gasteiger partial charge in [-0.25, -0.2) is 4.99 Å². The Bertz CT molecular complexity index is 1250. The molecule has 0 bridgehead atoms. The molecule has 10 nitrogen and oxygen atoms in total. The highest BCUT2D eigenvalue weighted by Gasteiger charge is 2.26. The monoisotopic (exact) mass is 518 g/mol. The number of nitrogens with one attached hydrogen (secondary N) is 3.